The molecular weight excluding hydrogens is 530 g/mol. The molecule has 1 aromatic heterocycles. The lowest BCUT2D eigenvalue weighted by Gasteiger charge is -2.13. The molecule has 1 nitrogen and oxygen atoms in total. The van der Waals surface area contributed by atoms with Gasteiger partial charge in [0.15, 0.2) is 0 Å². The average molecular weight is 558 g/mol. The molecule has 9 aromatic carbocycles. The molecule has 0 aliphatic rings. The summed E-state index contributed by atoms with van der Waals surface area (Å²) in [6.45, 7) is 0.814. The van der Waals surface area contributed by atoms with Crippen molar-refractivity contribution < 1.29 is 0 Å². The summed E-state index contributed by atoms with van der Waals surface area (Å²) in [6, 6.07) is 56.1. The lowest BCUT2D eigenvalue weighted by Crippen LogP contribution is -1.99. The summed E-state index contributed by atoms with van der Waals surface area (Å²) < 4.78 is 2.55. The Labute approximate surface area is 254 Å². The van der Waals surface area contributed by atoms with E-state index in [1.807, 2.05) is 0 Å². The van der Waals surface area contributed by atoms with E-state index < -0.39 is 0 Å². The van der Waals surface area contributed by atoms with E-state index in [4.69, 9.17) is 0 Å². The van der Waals surface area contributed by atoms with Crippen molar-refractivity contribution in [1.29, 1.82) is 0 Å². The van der Waals surface area contributed by atoms with Crippen LogP contribution in [0.2, 0.25) is 0 Å². The van der Waals surface area contributed by atoms with Crippen LogP contribution in [0.4, 0.5) is 0 Å². The quantitative estimate of drug-likeness (QED) is 0.186. The molecule has 1 heteroatoms. The smallest absolute Gasteiger partial charge is 0.0501 e. The first-order chi connectivity index (χ1) is 21.9. The van der Waals surface area contributed by atoms with Gasteiger partial charge in [0.25, 0.3) is 0 Å². The molecule has 0 aliphatic carbocycles. The van der Waals surface area contributed by atoms with Gasteiger partial charge in [-0.05, 0) is 71.6 Å². The van der Waals surface area contributed by atoms with Gasteiger partial charge in [-0.3, -0.25) is 0 Å². The van der Waals surface area contributed by atoms with Crippen molar-refractivity contribution in [2.24, 2.45) is 0 Å². The SMILES string of the molecule is c1ccc(Cn2c3ccc4c5ccccc5c5ccccc5c4c3c3c4c5ccccc5c5ccccc5c4ccc32)cc1. The second kappa shape index (κ2) is 8.92. The molecule has 0 saturated carbocycles. The predicted octanol–water partition coefficient (Wildman–Crippen LogP) is 11.8. The Morgan fingerprint density at radius 1 is 0.273 bits per heavy atom. The first kappa shape index (κ1) is 23.9. The molecule has 0 radical (unpaired) electrons. The van der Waals surface area contributed by atoms with Gasteiger partial charge in [0.1, 0.15) is 0 Å². The highest BCUT2D eigenvalue weighted by Gasteiger charge is 2.21. The number of hydrogen-bond acceptors (Lipinski definition) is 0. The van der Waals surface area contributed by atoms with Gasteiger partial charge in [-0.25, -0.2) is 0 Å². The molecule has 0 amide bonds. The van der Waals surface area contributed by atoms with Crippen molar-refractivity contribution in [2.45, 2.75) is 6.54 Å². The van der Waals surface area contributed by atoms with E-state index in [0.717, 1.165) is 6.54 Å². The zero-order chi connectivity index (χ0) is 28.8. The van der Waals surface area contributed by atoms with E-state index in [-0.39, 0.29) is 0 Å². The van der Waals surface area contributed by atoms with Crippen molar-refractivity contribution in [2.75, 3.05) is 0 Å². The molecule has 10 rings (SSSR count). The Morgan fingerprint density at radius 2 is 0.591 bits per heavy atom. The molecular formula is C43H27N. The maximum absolute atomic E-state index is 2.55. The summed E-state index contributed by atoms with van der Waals surface area (Å²) in [5.41, 5.74) is 3.86. The molecule has 0 fully saturated rings. The van der Waals surface area contributed by atoms with Crippen LogP contribution in [0.1, 0.15) is 5.56 Å². The number of nitrogens with zero attached hydrogens (tertiary/aromatic N) is 1. The lowest BCUT2D eigenvalue weighted by atomic mass is 9.89. The van der Waals surface area contributed by atoms with Crippen LogP contribution in [-0.4, -0.2) is 4.57 Å². The third-order valence-electron chi connectivity index (χ3n) is 9.79. The molecule has 0 bridgehead atoms. The van der Waals surface area contributed by atoms with Crippen LogP contribution in [0.3, 0.4) is 0 Å². The first-order valence-electron chi connectivity index (χ1n) is 15.4. The molecule has 0 spiro atoms. The molecule has 0 aliphatic heterocycles. The van der Waals surface area contributed by atoms with Crippen molar-refractivity contribution in [3.8, 4) is 0 Å². The lowest BCUT2D eigenvalue weighted by molar-refractivity contribution is 0.869. The monoisotopic (exact) mass is 557 g/mol. The van der Waals surface area contributed by atoms with E-state index >= 15 is 0 Å². The van der Waals surface area contributed by atoms with Crippen LogP contribution in [0.15, 0.2) is 152 Å². The fourth-order valence-electron chi connectivity index (χ4n) is 7.99. The number of benzene rings is 9. The summed E-state index contributed by atoms with van der Waals surface area (Å²) in [5.74, 6) is 0. The van der Waals surface area contributed by atoms with Crippen molar-refractivity contribution in [3.63, 3.8) is 0 Å². The summed E-state index contributed by atoms with van der Waals surface area (Å²) in [4.78, 5) is 0. The second-order valence-corrected chi connectivity index (χ2v) is 12.0. The molecule has 44 heavy (non-hydrogen) atoms. The highest BCUT2D eigenvalue weighted by atomic mass is 15.0. The zero-order valence-electron chi connectivity index (χ0n) is 24.1. The van der Waals surface area contributed by atoms with Gasteiger partial charge in [-0.15, -0.1) is 0 Å². The molecule has 0 atom stereocenters. The van der Waals surface area contributed by atoms with E-state index in [0.29, 0.717) is 0 Å². The third kappa shape index (κ3) is 3.13. The number of aromatic nitrogens is 1. The van der Waals surface area contributed by atoms with Crippen LogP contribution in [-0.2, 0) is 6.54 Å². The van der Waals surface area contributed by atoms with E-state index in [1.54, 1.807) is 0 Å². The van der Waals surface area contributed by atoms with Gasteiger partial charge >= 0.3 is 0 Å². The van der Waals surface area contributed by atoms with Crippen molar-refractivity contribution in [1.82, 2.24) is 4.57 Å². The fourth-order valence-corrected chi connectivity index (χ4v) is 7.99. The van der Waals surface area contributed by atoms with Crippen molar-refractivity contribution in [3.05, 3.63) is 157 Å². The molecule has 10 aromatic rings. The second-order valence-electron chi connectivity index (χ2n) is 12.0. The Hall–Kier alpha value is -5.66. The maximum Gasteiger partial charge on any atom is 0.0501 e. The molecule has 204 valence electrons. The van der Waals surface area contributed by atoms with Gasteiger partial charge < -0.3 is 4.57 Å². The van der Waals surface area contributed by atoms with Crippen LogP contribution in [0, 0.1) is 0 Å². The summed E-state index contributed by atoms with van der Waals surface area (Å²) >= 11 is 0. The van der Waals surface area contributed by atoms with Gasteiger partial charge in [0, 0.05) is 28.1 Å². The summed E-state index contributed by atoms with van der Waals surface area (Å²) in [7, 11) is 0. The molecule has 1 heterocycles. The van der Waals surface area contributed by atoms with Gasteiger partial charge in [0.05, 0.1) is 11.0 Å². The number of rotatable bonds is 2. The first-order valence-corrected chi connectivity index (χ1v) is 15.4. The topological polar surface area (TPSA) is 4.93 Å². The van der Waals surface area contributed by atoms with Crippen LogP contribution >= 0.6 is 0 Å². The normalized spacial score (nSPS) is 12.2. The Morgan fingerprint density at radius 3 is 1.00 bits per heavy atom. The average Bonchev–Trinajstić information content (AvgIpc) is 3.42. The Kier molecular flexibility index (Phi) is 4.84. The molecule has 0 N–H and O–H groups in total. The summed E-state index contributed by atoms with van der Waals surface area (Å²) in [5, 5.41) is 18.5. The molecule has 0 unspecified atom stereocenters. The standard InChI is InChI=1S/C43H27N/c1-2-12-27(13-3-1)26-44-38-24-22-36-32-18-6-4-14-28(32)30-16-8-10-20-34(30)40(36)42(38)43-39(44)25-23-37-33-19-7-5-15-29(33)31-17-9-11-21-35(31)41(37)43/h1-25H,26H2. The minimum Gasteiger partial charge on any atom is -0.336 e. The van der Waals surface area contributed by atoms with Crippen LogP contribution < -0.4 is 0 Å². The van der Waals surface area contributed by atoms with E-state index in [2.05, 4.69) is 156 Å². The van der Waals surface area contributed by atoms with Crippen LogP contribution in [0.5, 0.6) is 0 Å². The Bertz CT molecular complexity index is 2540. The fraction of sp³-hybridized carbons (Fsp3) is 0.0233. The predicted molar refractivity (Wildman–Crippen MR) is 190 cm³/mol. The zero-order valence-corrected chi connectivity index (χ0v) is 24.1. The number of hydrogen-bond donors (Lipinski definition) is 0. The minimum atomic E-state index is 0.814. The maximum atomic E-state index is 2.55. The van der Waals surface area contributed by atoms with Gasteiger partial charge in [0.2, 0.25) is 0 Å². The third-order valence-corrected chi connectivity index (χ3v) is 9.79. The largest absolute Gasteiger partial charge is 0.336 e. The van der Waals surface area contributed by atoms with E-state index in [1.165, 1.54) is 92.0 Å². The van der Waals surface area contributed by atoms with Gasteiger partial charge in [-0.1, -0.05) is 140 Å². The number of fused-ring (bicyclic) bond motifs is 17. The highest BCUT2D eigenvalue weighted by Crippen LogP contribution is 2.47. The van der Waals surface area contributed by atoms with Crippen molar-refractivity contribution >= 4 is 86.4 Å². The highest BCUT2D eigenvalue weighted by molar-refractivity contribution is 6.41. The van der Waals surface area contributed by atoms with E-state index in [9.17, 15) is 0 Å². The minimum absolute atomic E-state index is 0.814. The van der Waals surface area contributed by atoms with Gasteiger partial charge in [-0.2, -0.15) is 0 Å². The Balaban J connectivity index is 1.54. The van der Waals surface area contributed by atoms with Crippen LogP contribution in [0.25, 0.3) is 86.4 Å². The summed E-state index contributed by atoms with van der Waals surface area (Å²) in [6.07, 6.45) is 0. The molecule has 0 saturated heterocycles.